The molecule has 0 fully saturated rings. The molecule has 3 aromatic rings. The standard InChI is InChI=1S/C21H28N6O2S/c1-14-22-17(13-30-14)12-27-20(29)26-10-8-16(5-6-18(26)24-27)23-19(28)15-7-9-25(11-15)21(2,3)4/h7,9,11,13,16H,5-6,8,10,12H2,1-4H3,(H,23,28). The van der Waals surface area contributed by atoms with E-state index in [0.29, 0.717) is 31.5 Å². The van der Waals surface area contributed by atoms with Gasteiger partial charge in [0, 0.05) is 42.3 Å². The molecule has 0 bridgehead atoms. The van der Waals surface area contributed by atoms with Crippen LogP contribution in [0.15, 0.2) is 28.6 Å². The molecule has 8 nitrogen and oxygen atoms in total. The van der Waals surface area contributed by atoms with Crippen LogP contribution in [0.3, 0.4) is 0 Å². The normalized spacial score (nSPS) is 16.9. The number of nitrogens with zero attached hydrogens (tertiary/aromatic N) is 5. The van der Waals surface area contributed by atoms with Crippen LogP contribution in [0.5, 0.6) is 0 Å². The highest BCUT2D eigenvalue weighted by Crippen LogP contribution is 2.17. The Morgan fingerprint density at radius 2 is 2.13 bits per heavy atom. The van der Waals surface area contributed by atoms with E-state index in [0.717, 1.165) is 22.9 Å². The predicted octanol–water partition coefficient (Wildman–Crippen LogP) is 2.55. The zero-order valence-corrected chi connectivity index (χ0v) is 18.7. The van der Waals surface area contributed by atoms with Gasteiger partial charge in [0.05, 0.1) is 22.8 Å². The van der Waals surface area contributed by atoms with Gasteiger partial charge in [-0.25, -0.2) is 14.5 Å². The topological polar surface area (TPSA) is 86.7 Å². The molecule has 1 amide bonds. The second-order valence-electron chi connectivity index (χ2n) is 8.84. The van der Waals surface area contributed by atoms with E-state index in [4.69, 9.17) is 0 Å². The molecule has 0 saturated carbocycles. The molecular weight excluding hydrogens is 400 g/mol. The molecule has 0 aromatic carbocycles. The second-order valence-corrected chi connectivity index (χ2v) is 9.90. The Labute approximate surface area is 179 Å². The number of aryl methyl sites for hydroxylation is 2. The maximum atomic E-state index is 12.8. The summed E-state index contributed by atoms with van der Waals surface area (Å²) in [5.41, 5.74) is 1.35. The number of hydrogen-bond donors (Lipinski definition) is 1. The summed E-state index contributed by atoms with van der Waals surface area (Å²) in [4.78, 5) is 29.9. The summed E-state index contributed by atoms with van der Waals surface area (Å²) < 4.78 is 5.27. The molecule has 0 radical (unpaired) electrons. The molecule has 30 heavy (non-hydrogen) atoms. The fraction of sp³-hybridized carbons (Fsp3) is 0.524. The van der Waals surface area contributed by atoms with Crippen LogP contribution in [0, 0.1) is 6.92 Å². The smallest absolute Gasteiger partial charge is 0.346 e. The van der Waals surface area contributed by atoms with Crippen LogP contribution in [-0.2, 0) is 25.0 Å². The summed E-state index contributed by atoms with van der Waals surface area (Å²) >= 11 is 1.57. The Balaban J connectivity index is 1.40. The van der Waals surface area contributed by atoms with Gasteiger partial charge in [0.2, 0.25) is 0 Å². The molecule has 9 heteroatoms. The molecule has 4 heterocycles. The van der Waals surface area contributed by atoms with Crippen molar-refractivity contribution in [2.75, 3.05) is 0 Å². The lowest BCUT2D eigenvalue weighted by atomic mass is 10.1. The van der Waals surface area contributed by atoms with Crippen molar-refractivity contribution in [1.82, 2.24) is 29.2 Å². The van der Waals surface area contributed by atoms with Gasteiger partial charge in [0.25, 0.3) is 5.91 Å². The van der Waals surface area contributed by atoms with Crippen molar-refractivity contribution in [3.63, 3.8) is 0 Å². The van der Waals surface area contributed by atoms with Gasteiger partial charge in [0.15, 0.2) is 0 Å². The third-order valence-electron chi connectivity index (χ3n) is 5.46. The average Bonchev–Trinajstić information content (AvgIpc) is 3.35. The van der Waals surface area contributed by atoms with E-state index in [2.05, 4.69) is 36.2 Å². The zero-order chi connectivity index (χ0) is 21.5. The minimum absolute atomic E-state index is 0.0197. The van der Waals surface area contributed by atoms with Gasteiger partial charge in [-0.2, -0.15) is 5.10 Å². The number of aromatic nitrogens is 5. The van der Waals surface area contributed by atoms with Crippen molar-refractivity contribution in [2.24, 2.45) is 0 Å². The number of carbonyl (C=O) groups excluding carboxylic acids is 1. The number of hydrogen-bond acceptors (Lipinski definition) is 5. The zero-order valence-electron chi connectivity index (χ0n) is 17.9. The lowest BCUT2D eigenvalue weighted by Gasteiger charge is -2.21. The molecule has 1 atom stereocenters. The average molecular weight is 429 g/mol. The molecule has 0 spiro atoms. The molecule has 1 unspecified atom stereocenters. The Hall–Kier alpha value is -2.68. The SMILES string of the molecule is Cc1nc(Cn2nc3n(c2=O)CCC(NC(=O)c2ccn(C(C)(C)C)c2)CC3)cs1. The molecular formula is C21H28N6O2S. The number of rotatable bonds is 4. The van der Waals surface area contributed by atoms with Crippen molar-refractivity contribution in [2.45, 2.75) is 71.6 Å². The van der Waals surface area contributed by atoms with Gasteiger partial charge in [-0.15, -0.1) is 11.3 Å². The van der Waals surface area contributed by atoms with Crippen LogP contribution in [0.25, 0.3) is 0 Å². The maximum Gasteiger partial charge on any atom is 0.346 e. The predicted molar refractivity (Wildman–Crippen MR) is 116 cm³/mol. The van der Waals surface area contributed by atoms with E-state index in [-0.39, 0.29) is 23.2 Å². The minimum Gasteiger partial charge on any atom is -0.349 e. The van der Waals surface area contributed by atoms with Crippen molar-refractivity contribution in [3.8, 4) is 0 Å². The summed E-state index contributed by atoms with van der Waals surface area (Å²) in [7, 11) is 0. The molecule has 1 N–H and O–H groups in total. The fourth-order valence-corrected chi connectivity index (χ4v) is 4.33. The summed E-state index contributed by atoms with van der Waals surface area (Å²) in [6.45, 7) is 9.20. The molecule has 160 valence electrons. The molecule has 0 aliphatic carbocycles. The first-order valence-electron chi connectivity index (χ1n) is 10.3. The summed E-state index contributed by atoms with van der Waals surface area (Å²) in [6, 6.07) is 1.87. The third-order valence-corrected chi connectivity index (χ3v) is 6.28. The molecule has 1 aliphatic rings. The minimum atomic E-state index is -0.107. The van der Waals surface area contributed by atoms with Gasteiger partial charge in [-0.3, -0.25) is 9.36 Å². The lowest BCUT2D eigenvalue weighted by molar-refractivity contribution is 0.0932. The van der Waals surface area contributed by atoms with Crippen LogP contribution in [0.2, 0.25) is 0 Å². The van der Waals surface area contributed by atoms with E-state index in [9.17, 15) is 9.59 Å². The van der Waals surface area contributed by atoms with E-state index in [1.165, 1.54) is 4.68 Å². The molecule has 0 saturated heterocycles. The quantitative estimate of drug-likeness (QED) is 0.692. The number of amides is 1. The largest absolute Gasteiger partial charge is 0.349 e. The second kappa shape index (κ2) is 7.86. The van der Waals surface area contributed by atoms with Crippen LogP contribution in [0.4, 0.5) is 0 Å². The van der Waals surface area contributed by atoms with Crippen LogP contribution >= 0.6 is 11.3 Å². The Morgan fingerprint density at radius 1 is 1.33 bits per heavy atom. The fourth-order valence-electron chi connectivity index (χ4n) is 3.73. The van der Waals surface area contributed by atoms with E-state index < -0.39 is 0 Å². The highest BCUT2D eigenvalue weighted by atomic mass is 32.1. The number of carbonyl (C=O) groups is 1. The first-order valence-corrected chi connectivity index (χ1v) is 11.2. The summed E-state index contributed by atoms with van der Waals surface area (Å²) in [5, 5.41) is 10.6. The first kappa shape index (κ1) is 20.6. The van der Waals surface area contributed by atoms with Crippen molar-refractivity contribution < 1.29 is 4.79 Å². The highest BCUT2D eigenvalue weighted by molar-refractivity contribution is 7.09. The number of thiazole rings is 1. The van der Waals surface area contributed by atoms with Crippen molar-refractivity contribution in [3.05, 3.63) is 56.4 Å². The number of fused-ring (bicyclic) bond motifs is 1. The van der Waals surface area contributed by atoms with Gasteiger partial charge in [-0.05, 0) is 46.6 Å². The highest BCUT2D eigenvalue weighted by Gasteiger charge is 2.23. The van der Waals surface area contributed by atoms with Gasteiger partial charge >= 0.3 is 5.69 Å². The Bertz CT molecular complexity index is 1110. The van der Waals surface area contributed by atoms with Crippen LogP contribution in [-0.4, -0.2) is 35.8 Å². The van der Waals surface area contributed by atoms with Crippen LogP contribution < -0.4 is 11.0 Å². The molecule has 3 aromatic heterocycles. The van der Waals surface area contributed by atoms with Crippen molar-refractivity contribution in [1.29, 1.82) is 0 Å². The van der Waals surface area contributed by atoms with Gasteiger partial charge < -0.3 is 9.88 Å². The lowest BCUT2D eigenvalue weighted by Crippen LogP contribution is -2.35. The monoisotopic (exact) mass is 428 g/mol. The Kier molecular flexibility index (Phi) is 5.40. The van der Waals surface area contributed by atoms with Gasteiger partial charge in [0.1, 0.15) is 5.82 Å². The van der Waals surface area contributed by atoms with Crippen LogP contribution in [0.1, 0.15) is 60.5 Å². The van der Waals surface area contributed by atoms with E-state index >= 15 is 0 Å². The van der Waals surface area contributed by atoms with Crippen molar-refractivity contribution >= 4 is 17.2 Å². The van der Waals surface area contributed by atoms with E-state index in [1.54, 1.807) is 15.9 Å². The first-order chi connectivity index (χ1) is 14.2. The Morgan fingerprint density at radius 3 is 2.80 bits per heavy atom. The van der Waals surface area contributed by atoms with Gasteiger partial charge in [-0.1, -0.05) is 0 Å². The molecule has 4 rings (SSSR count). The summed E-state index contributed by atoms with van der Waals surface area (Å²) in [6.07, 6.45) is 5.95. The maximum absolute atomic E-state index is 12.8. The third kappa shape index (κ3) is 4.26. The summed E-state index contributed by atoms with van der Waals surface area (Å²) in [5.74, 6) is 0.710. The molecule has 1 aliphatic heterocycles. The number of nitrogens with one attached hydrogen (secondary N) is 1. The van der Waals surface area contributed by atoms with E-state index in [1.807, 2.05) is 35.3 Å².